The van der Waals surface area contributed by atoms with E-state index >= 15 is 0 Å². The van der Waals surface area contributed by atoms with Gasteiger partial charge >= 0.3 is 11.9 Å². The molecule has 2 aromatic rings. The molecule has 4 nitrogen and oxygen atoms in total. The van der Waals surface area contributed by atoms with Crippen molar-refractivity contribution in [3.8, 4) is 5.75 Å². The van der Waals surface area contributed by atoms with Crippen LogP contribution in [0.25, 0.3) is 0 Å². The maximum absolute atomic E-state index is 13.1. The molecule has 0 fully saturated rings. The van der Waals surface area contributed by atoms with Gasteiger partial charge in [0, 0.05) is 5.56 Å². The van der Waals surface area contributed by atoms with Crippen LogP contribution in [-0.2, 0) is 21.4 Å². The van der Waals surface area contributed by atoms with Gasteiger partial charge in [0.1, 0.15) is 5.75 Å². The lowest BCUT2D eigenvalue weighted by atomic mass is 9.79. The van der Waals surface area contributed by atoms with Crippen LogP contribution in [0.3, 0.4) is 0 Å². The van der Waals surface area contributed by atoms with Crippen molar-refractivity contribution in [3.63, 3.8) is 0 Å². The van der Waals surface area contributed by atoms with E-state index in [9.17, 15) is 9.59 Å². The van der Waals surface area contributed by atoms with Gasteiger partial charge in [0.15, 0.2) is 0 Å². The third-order valence-corrected chi connectivity index (χ3v) is 6.68. The third-order valence-electron chi connectivity index (χ3n) is 6.68. The Labute approximate surface area is 206 Å². The van der Waals surface area contributed by atoms with E-state index in [0.717, 1.165) is 48.8 Å². The van der Waals surface area contributed by atoms with E-state index in [1.54, 1.807) is 0 Å². The number of aryl methyl sites for hydroxylation is 2. The van der Waals surface area contributed by atoms with Crippen LogP contribution in [0.2, 0.25) is 0 Å². The lowest BCUT2D eigenvalue weighted by Crippen LogP contribution is -2.22. The Morgan fingerprint density at radius 2 is 1.65 bits per heavy atom. The molecule has 0 aliphatic rings. The minimum Gasteiger partial charge on any atom is -0.466 e. The molecule has 0 bridgehead atoms. The lowest BCUT2D eigenvalue weighted by Gasteiger charge is -2.28. The van der Waals surface area contributed by atoms with E-state index in [1.165, 1.54) is 5.56 Å². The number of benzene rings is 2. The molecule has 4 heteroatoms. The smallest absolute Gasteiger partial charge is 0.343 e. The normalized spacial score (nSPS) is 12.3. The van der Waals surface area contributed by atoms with Crippen LogP contribution in [0, 0.1) is 6.92 Å². The van der Waals surface area contributed by atoms with Crippen LogP contribution < -0.4 is 4.74 Å². The van der Waals surface area contributed by atoms with Crippen molar-refractivity contribution in [2.75, 3.05) is 6.61 Å². The molecule has 0 aliphatic carbocycles. The van der Waals surface area contributed by atoms with E-state index in [0.29, 0.717) is 24.3 Å². The number of hydrogen-bond donors (Lipinski definition) is 0. The summed E-state index contributed by atoms with van der Waals surface area (Å²) in [5.74, 6) is -0.663. The number of carbonyl (C=O) groups is 2. The number of ether oxygens (including phenoxy) is 2. The summed E-state index contributed by atoms with van der Waals surface area (Å²) in [6.45, 7) is 14.9. The van der Waals surface area contributed by atoms with E-state index < -0.39 is 11.9 Å². The predicted octanol–water partition coefficient (Wildman–Crippen LogP) is 7.69. The summed E-state index contributed by atoms with van der Waals surface area (Å²) in [5.41, 5.74) is 4.38. The van der Waals surface area contributed by atoms with Gasteiger partial charge < -0.3 is 9.47 Å². The molecule has 0 amide bonds. The third kappa shape index (κ3) is 6.94. The van der Waals surface area contributed by atoms with E-state index in [2.05, 4.69) is 46.8 Å². The lowest BCUT2D eigenvalue weighted by molar-refractivity contribution is -0.145. The highest BCUT2D eigenvalue weighted by Crippen LogP contribution is 2.39. The van der Waals surface area contributed by atoms with E-state index in [1.807, 2.05) is 38.1 Å². The quantitative estimate of drug-likeness (QED) is 0.238. The van der Waals surface area contributed by atoms with Crippen LogP contribution in [-0.4, -0.2) is 18.5 Å². The maximum Gasteiger partial charge on any atom is 0.343 e. The summed E-state index contributed by atoms with van der Waals surface area (Å²) in [5, 5.41) is 0. The average molecular weight is 467 g/mol. The fourth-order valence-electron chi connectivity index (χ4n) is 4.09. The number of esters is 2. The van der Waals surface area contributed by atoms with Gasteiger partial charge in [-0.3, -0.25) is 4.79 Å². The molecule has 1 atom stereocenters. The summed E-state index contributed by atoms with van der Waals surface area (Å²) in [6, 6.07) is 11.7. The predicted molar refractivity (Wildman–Crippen MR) is 139 cm³/mol. The molecule has 186 valence electrons. The highest BCUT2D eigenvalue weighted by Gasteiger charge is 2.30. The van der Waals surface area contributed by atoms with Gasteiger partial charge in [-0.1, -0.05) is 78.1 Å². The first kappa shape index (κ1) is 27.6. The van der Waals surface area contributed by atoms with Crippen LogP contribution in [0.5, 0.6) is 5.75 Å². The van der Waals surface area contributed by atoms with Gasteiger partial charge in [-0.25, -0.2) is 4.79 Å². The van der Waals surface area contributed by atoms with Gasteiger partial charge in [0.25, 0.3) is 0 Å². The SMILES string of the molecule is CCCCC(C(=O)OCC)c1cc(C(C)(C)CC)cc(C)c1OC(=O)c1ccc(CCC)cc1. The number of rotatable bonds is 12. The minimum absolute atomic E-state index is 0.0683. The van der Waals surface area contributed by atoms with Crippen LogP contribution in [0.4, 0.5) is 0 Å². The van der Waals surface area contributed by atoms with Crippen molar-refractivity contribution in [1.82, 2.24) is 0 Å². The zero-order valence-electron chi connectivity index (χ0n) is 22.1. The van der Waals surface area contributed by atoms with Crippen molar-refractivity contribution in [2.24, 2.45) is 0 Å². The Kier molecular flexibility index (Phi) is 10.3. The molecule has 0 N–H and O–H groups in total. The Bertz CT molecular complexity index is 957. The molecule has 0 heterocycles. The Balaban J connectivity index is 2.55. The molecule has 2 aromatic carbocycles. The molecule has 0 aliphatic heterocycles. The molecular weight excluding hydrogens is 424 g/mol. The second-order valence-corrected chi connectivity index (χ2v) is 9.73. The Hall–Kier alpha value is -2.62. The van der Waals surface area contributed by atoms with E-state index in [4.69, 9.17) is 9.47 Å². The standard InChI is InChI=1S/C30H42O4/c1-8-12-14-25(29(32)33-11-4)26-20-24(30(6,7)10-3)19-21(5)27(26)34-28(31)23-17-15-22(13-9-2)16-18-23/h15-20,25H,8-14H2,1-7H3. The molecule has 1 unspecified atom stereocenters. The van der Waals surface area contributed by atoms with E-state index in [-0.39, 0.29) is 11.4 Å². The maximum atomic E-state index is 13.1. The van der Waals surface area contributed by atoms with Crippen molar-refractivity contribution >= 4 is 11.9 Å². The van der Waals surface area contributed by atoms with Crippen LogP contribution in [0.1, 0.15) is 112 Å². The number of hydrogen-bond acceptors (Lipinski definition) is 4. The van der Waals surface area contributed by atoms with Gasteiger partial charge in [-0.2, -0.15) is 0 Å². The topological polar surface area (TPSA) is 52.6 Å². The number of carbonyl (C=O) groups excluding carboxylic acids is 2. The van der Waals surface area contributed by atoms with Gasteiger partial charge in [0.2, 0.25) is 0 Å². The molecule has 0 radical (unpaired) electrons. The molecule has 0 saturated carbocycles. The minimum atomic E-state index is -0.471. The summed E-state index contributed by atoms with van der Waals surface area (Å²) in [7, 11) is 0. The summed E-state index contributed by atoms with van der Waals surface area (Å²) in [6.07, 6.45) is 5.49. The molecule has 2 rings (SSSR count). The molecule has 0 saturated heterocycles. The second kappa shape index (κ2) is 12.7. The summed E-state index contributed by atoms with van der Waals surface area (Å²) >= 11 is 0. The zero-order valence-corrected chi connectivity index (χ0v) is 22.1. The van der Waals surface area contributed by atoms with Crippen molar-refractivity contribution in [1.29, 1.82) is 0 Å². The molecule has 34 heavy (non-hydrogen) atoms. The summed E-state index contributed by atoms with van der Waals surface area (Å²) in [4.78, 5) is 26.2. The van der Waals surface area contributed by atoms with Gasteiger partial charge in [-0.15, -0.1) is 0 Å². The largest absolute Gasteiger partial charge is 0.466 e. The van der Waals surface area contributed by atoms with Crippen LogP contribution in [0.15, 0.2) is 36.4 Å². The Morgan fingerprint density at radius 1 is 0.971 bits per heavy atom. The van der Waals surface area contributed by atoms with Gasteiger partial charge in [0.05, 0.1) is 18.1 Å². The average Bonchev–Trinajstić information content (AvgIpc) is 2.81. The van der Waals surface area contributed by atoms with Crippen molar-refractivity contribution in [3.05, 3.63) is 64.2 Å². The Morgan fingerprint density at radius 3 is 2.21 bits per heavy atom. The monoisotopic (exact) mass is 466 g/mol. The highest BCUT2D eigenvalue weighted by molar-refractivity contribution is 5.92. The van der Waals surface area contributed by atoms with Crippen LogP contribution >= 0.6 is 0 Å². The van der Waals surface area contributed by atoms with Gasteiger partial charge in [-0.05, 0) is 67.3 Å². The highest BCUT2D eigenvalue weighted by atomic mass is 16.5. The first-order valence-corrected chi connectivity index (χ1v) is 12.8. The fourth-order valence-corrected chi connectivity index (χ4v) is 4.09. The van der Waals surface area contributed by atoms with Crippen molar-refractivity contribution < 1.29 is 19.1 Å². The molecule has 0 spiro atoms. The molecule has 0 aromatic heterocycles. The fraction of sp³-hybridized carbons (Fsp3) is 0.533. The second-order valence-electron chi connectivity index (χ2n) is 9.73. The first-order valence-electron chi connectivity index (χ1n) is 12.8. The first-order chi connectivity index (χ1) is 16.2. The molecular formula is C30H42O4. The number of unbranched alkanes of at least 4 members (excludes halogenated alkanes) is 1. The zero-order chi connectivity index (χ0) is 25.3. The summed E-state index contributed by atoms with van der Waals surface area (Å²) < 4.78 is 11.5. The van der Waals surface area contributed by atoms with Crippen molar-refractivity contribution in [2.45, 2.75) is 98.3 Å².